The molecule has 0 aliphatic carbocycles. The van der Waals surface area contributed by atoms with E-state index in [1.165, 1.54) is 12.1 Å². The highest BCUT2D eigenvalue weighted by atomic mass is 16.5. The second kappa shape index (κ2) is 8.09. The Labute approximate surface area is 181 Å². The monoisotopic (exact) mass is 422 g/mol. The molecule has 2 atom stereocenters. The predicted octanol–water partition coefficient (Wildman–Crippen LogP) is 2.43. The molecule has 0 amide bonds. The van der Waals surface area contributed by atoms with Crippen molar-refractivity contribution in [1.82, 2.24) is 29.5 Å². The SMILES string of the molecule is Cc1noc(C)c1CN(C)Cc1ccc2n(c1=O)C[C@H]1C[C@@H]2CN(Cc2cnc[nH]2)C1. The largest absolute Gasteiger partial charge is 0.361 e. The third-order valence-corrected chi connectivity index (χ3v) is 6.76. The first kappa shape index (κ1) is 20.2. The number of likely N-dealkylation sites (tertiary alicyclic amines) is 1. The highest BCUT2D eigenvalue weighted by Crippen LogP contribution is 2.35. The van der Waals surface area contributed by atoms with Crippen molar-refractivity contribution in [2.45, 2.75) is 52.4 Å². The molecule has 0 unspecified atom stereocenters. The number of piperidine rings is 1. The van der Waals surface area contributed by atoms with Crippen LogP contribution in [-0.2, 0) is 26.2 Å². The van der Waals surface area contributed by atoms with Crippen molar-refractivity contribution in [3.63, 3.8) is 0 Å². The summed E-state index contributed by atoms with van der Waals surface area (Å²) in [6.45, 7) is 8.94. The second-order valence-corrected chi connectivity index (χ2v) is 9.24. The molecule has 0 radical (unpaired) electrons. The van der Waals surface area contributed by atoms with Crippen LogP contribution in [-0.4, -0.2) is 49.6 Å². The lowest BCUT2D eigenvalue weighted by molar-refractivity contribution is 0.113. The molecule has 3 aromatic heterocycles. The summed E-state index contributed by atoms with van der Waals surface area (Å²) in [6.07, 6.45) is 4.80. The molecule has 8 nitrogen and oxygen atoms in total. The minimum Gasteiger partial charge on any atom is -0.361 e. The lowest BCUT2D eigenvalue weighted by Crippen LogP contribution is -2.47. The zero-order valence-corrected chi connectivity index (χ0v) is 18.5. The molecule has 8 heteroatoms. The maximum Gasteiger partial charge on any atom is 0.255 e. The van der Waals surface area contributed by atoms with E-state index in [-0.39, 0.29) is 5.56 Å². The molecule has 1 saturated heterocycles. The molecule has 31 heavy (non-hydrogen) atoms. The van der Waals surface area contributed by atoms with Gasteiger partial charge in [-0.15, -0.1) is 0 Å². The first-order valence-corrected chi connectivity index (χ1v) is 11.0. The molecule has 0 spiro atoms. The Morgan fingerprint density at radius 1 is 1.23 bits per heavy atom. The van der Waals surface area contributed by atoms with Crippen LogP contribution in [0.25, 0.3) is 0 Å². The van der Waals surface area contributed by atoms with E-state index in [1.807, 2.05) is 37.7 Å². The van der Waals surface area contributed by atoms with Crippen molar-refractivity contribution >= 4 is 0 Å². The molecule has 0 saturated carbocycles. The third-order valence-electron chi connectivity index (χ3n) is 6.76. The highest BCUT2D eigenvalue weighted by molar-refractivity contribution is 5.24. The van der Waals surface area contributed by atoms with Crippen LogP contribution in [0, 0.1) is 19.8 Å². The number of hydrogen-bond acceptors (Lipinski definition) is 6. The fourth-order valence-electron chi connectivity index (χ4n) is 5.30. The summed E-state index contributed by atoms with van der Waals surface area (Å²) in [6, 6.07) is 4.22. The molecule has 0 aromatic carbocycles. The smallest absolute Gasteiger partial charge is 0.255 e. The number of H-pyrrole nitrogens is 1. The van der Waals surface area contributed by atoms with E-state index in [0.717, 1.165) is 61.0 Å². The minimum atomic E-state index is 0.167. The number of fused-ring (bicyclic) bond motifs is 4. The summed E-state index contributed by atoms with van der Waals surface area (Å²) >= 11 is 0. The maximum atomic E-state index is 13.3. The van der Waals surface area contributed by atoms with E-state index in [4.69, 9.17) is 4.52 Å². The summed E-state index contributed by atoms with van der Waals surface area (Å²) in [5, 5.41) is 4.04. The zero-order chi connectivity index (χ0) is 21.5. The third kappa shape index (κ3) is 3.97. The van der Waals surface area contributed by atoms with Gasteiger partial charge in [-0.25, -0.2) is 4.98 Å². The first-order chi connectivity index (χ1) is 15.0. The summed E-state index contributed by atoms with van der Waals surface area (Å²) in [7, 11) is 2.04. The first-order valence-electron chi connectivity index (χ1n) is 11.0. The van der Waals surface area contributed by atoms with Crippen LogP contribution in [0.3, 0.4) is 0 Å². The van der Waals surface area contributed by atoms with Crippen molar-refractivity contribution in [2.24, 2.45) is 5.92 Å². The van der Waals surface area contributed by atoms with Gasteiger partial charge in [0.15, 0.2) is 0 Å². The topological polar surface area (TPSA) is 83.2 Å². The average molecular weight is 423 g/mol. The van der Waals surface area contributed by atoms with Gasteiger partial charge >= 0.3 is 0 Å². The van der Waals surface area contributed by atoms with Crippen LogP contribution in [0.2, 0.25) is 0 Å². The number of nitrogens with zero attached hydrogens (tertiary/aromatic N) is 5. The predicted molar refractivity (Wildman–Crippen MR) is 117 cm³/mol. The Balaban J connectivity index is 1.32. The summed E-state index contributed by atoms with van der Waals surface area (Å²) in [4.78, 5) is 25.3. The van der Waals surface area contributed by atoms with Crippen molar-refractivity contribution in [1.29, 1.82) is 0 Å². The van der Waals surface area contributed by atoms with Gasteiger partial charge in [-0.05, 0) is 39.3 Å². The lowest BCUT2D eigenvalue weighted by atomic mass is 9.83. The fraction of sp³-hybridized carbons (Fsp3) is 0.522. The molecule has 2 bridgehead atoms. The Bertz CT molecular complexity index is 1100. The van der Waals surface area contributed by atoms with Gasteiger partial charge in [0.1, 0.15) is 5.76 Å². The molecule has 5 heterocycles. The summed E-state index contributed by atoms with van der Waals surface area (Å²) in [5.41, 5.74) is 5.38. The van der Waals surface area contributed by atoms with Gasteiger partial charge in [-0.1, -0.05) is 11.2 Å². The van der Waals surface area contributed by atoms with E-state index < -0.39 is 0 Å². The van der Waals surface area contributed by atoms with Crippen LogP contribution in [0.5, 0.6) is 0 Å². The lowest BCUT2D eigenvalue weighted by Gasteiger charge is -2.42. The van der Waals surface area contributed by atoms with E-state index >= 15 is 0 Å². The number of aromatic amines is 1. The van der Waals surface area contributed by atoms with Crippen molar-refractivity contribution in [3.8, 4) is 0 Å². The minimum absolute atomic E-state index is 0.167. The van der Waals surface area contributed by atoms with E-state index in [1.54, 1.807) is 6.33 Å². The fourth-order valence-corrected chi connectivity index (χ4v) is 5.30. The van der Waals surface area contributed by atoms with E-state index in [9.17, 15) is 4.79 Å². The average Bonchev–Trinajstić information content (AvgIpc) is 3.36. The Morgan fingerprint density at radius 3 is 2.84 bits per heavy atom. The molecule has 1 N–H and O–H groups in total. The van der Waals surface area contributed by atoms with Crippen molar-refractivity contribution in [3.05, 3.63) is 69.0 Å². The maximum absolute atomic E-state index is 13.3. The molecule has 2 aliphatic heterocycles. The van der Waals surface area contributed by atoms with Crippen LogP contribution >= 0.6 is 0 Å². The van der Waals surface area contributed by atoms with Gasteiger partial charge in [0.05, 0.1) is 12.0 Å². The Morgan fingerprint density at radius 2 is 2.10 bits per heavy atom. The van der Waals surface area contributed by atoms with Crippen molar-refractivity contribution in [2.75, 3.05) is 20.1 Å². The molecule has 1 fully saturated rings. The van der Waals surface area contributed by atoms with Gasteiger partial charge in [-0.3, -0.25) is 14.6 Å². The molecular formula is C23H30N6O2. The number of aromatic nitrogens is 4. The summed E-state index contributed by atoms with van der Waals surface area (Å²) < 4.78 is 7.32. The van der Waals surface area contributed by atoms with Crippen LogP contribution in [0.4, 0.5) is 0 Å². The number of imidazole rings is 1. The molecule has 5 rings (SSSR count). The van der Waals surface area contributed by atoms with E-state index in [2.05, 4.69) is 31.0 Å². The standard InChI is InChI=1S/C23H30N6O2/c1-15-21(16(2)31-26-15)13-27(3)10-18-4-5-22-19-6-17(9-29(22)23(18)30)8-28(11-19)12-20-7-24-14-25-20/h4-5,7,14,17,19H,6,8-13H2,1-3H3,(H,24,25)/t17-,19+/m0/s1. The molecule has 3 aromatic rings. The second-order valence-electron chi connectivity index (χ2n) is 9.24. The van der Waals surface area contributed by atoms with Crippen LogP contribution < -0.4 is 5.56 Å². The quantitative estimate of drug-likeness (QED) is 0.657. The number of pyridine rings is 1. The Hall–Kier alpha value is -2.71. The molecule has 164 valence electrons. The van der Waals surface area contributed by atoms with Gasteiger partial charge in [0.25, 0.3) is 5.56 Å². The number of nitrogens with one attached hydrogen (secondary N) is 1. The van der Waals surface area contributed by atoms with Gasteiger partial charge < -0.3 is 14.1 Å². The van der Waals surface area contributed by atoms with Gasteiger partial charge in [0.2, 0.25) is 0 Å². The normalized spacial score (nSPS) is 20.9. The zero-order valence-electron chi connectivity index (χ0n) is 18.5. The molecule has 2 aliphatic rings. The van der Waals surface area contributed by atoms with Crippen LogP contribution in [0.15, 0.2) is 34.0 Å². The number of rotatable bonds is 6. The van der Waals surface area contributed by atoms with Gasteiger partial charge in [0, 0.05) is 73.9 Å². The van der Waals surface area contributed by atoms with Crippen LogP contribution in [0.1, 0.15) is 46.3 Å². The van der Waals surface area contributed by atoms with E-state index in [0.29, 0.717) is 18.4 Å². The molecular weight excluding hydrogens is 392 g/mol. The highest BCUT2D eigenvalue weighted by Gasteiger charge is 2.35. The number of hydrogen-bond donors (Lipinski definition) is 1. The Kier molecular flexibility index (Phi) is 5.27. The van der Waals surface area contributed by atoms with Crippen molar-refractivity contribution < 1.29 is 4.52 Å². The summed E-state index contributed by atoms with van der Waals surface area (Å²) in [5.74, 6) is 1.78. The number of aryl methyl sites for hydroxylation is 2. The van der Waals surface area contributed by atoms with Gasteiger partial charge in [-0.2, -0.15) is 0 Å².